The molecule has 2 aliphatic heterocycles. The van der Waals surface area contributed by atoms with Gasteiger partial charge in [0.2, 0.25) is 0 Å². The topological polar surface area (TPSA) is 92.1 Å². The predicted molar refractivity (Wildman–Crippen MR) is 114 cm³/mol. The molecule has 2 fully saturated rings. The van der Waals surface area contributed by atoms with Crippen molar-refractivity contribution in [3.63, 3.8) is 0 Å². The van der Waals surface area contributed by atoms with Gasteiger partial charge in [0.15, 0.2) is 5.88 Å². The molecule has 0 saturated carbocycles. The zero-order valence-corrected chi connectivity index (χ0v) is 17.2. The molecule has 1 aromatic carbocycles. The Bertz CT molecular complexity index is 977. The number of piperidine rings is 1. The Balaban J connectivity index is 0.00000256. The minimum atomic E-state index is -0.796. The minimum absolute atomic E-state index is 0. The van der Waals surface area contributed by atoms with E-state index in [9.17, 15) is 14.4 Å². The summed E-state index contributed by atoms with van der Waals surface area (Å²) in [5.74, 6) is 0.225. The van der Waals surface area contributed by atoms with Gasteiger partial charge >= 0.3 is 6.03 Å². The molecule has 158 valence electrons. The van der Waals surface area contributed by atoms with Gasteiger partial charge in [-0.3, -0.25) is 14.9 Å². The first-order valence-electron chi connectivity index (χ1n) is 9.47. The van der Waals surface area contributed by atoms with Crippen LogP contribution in [0.1, 0.15) is 25.0 Å². The summed E-state index contributed by atoms with van der Waals surface area (Å²) in [5, 5.41) is 2.20. The summed E-state index contributed by atoms with van der Waals surface area (Å²) in [7, 11) is 1.52. The highest BCUT2D eigenvalue weighted by Gasteiger charge is 2.37. The fourth-order valence-corrected chi connectivity index (χ4v) is 3.47. The van der Waals surface area contributed by atoms with E-state index in [1.54, 1.807) is 30.3 Å². The highest BCUT2D eigenvalue weighted by molar-refractivity contribution is 6.39. The van der Waals surface area contributed by atoms with E-state index in [2.05, 4.69) is 10.2 Å². The van der Waals surface area contributed by atoms with Crippen LogP contribution in [0, 0.1) is 0 Å². The number of nitrogens with zero attached hydrogens (tertiary/aromatic N) is 2. The van der Waals surface area contributed by atoms with Crippen molar-refractivity contribution in [3.05, 3.63) is 47.7 Å². The Morgan fingerprint density at radius 1 is 1.00 bits per heavy atom. The van der Waals surface area contributed by atoms with Crippen LogP contribution < -0.4 is 19.9 Å². The number of amides is 4. The number of furan rings is 1. The molecule has 0 radical (unpaired) electrons. The van der Waals surface area contributed by atoms with Gasteiger partial charge in [0, 0.05) is 19.2 Å². The van der Waals surface area contributed by atoms with Gasteiger partial charge in [-0.2, -0.15) is 0 Å². The highest BCUT2D eigenvalue weighted by atomic mass is 35.5. The molecule has 4 amide bonds. The van der Waals surface area contributed by atoms with Crippen LogP contribution in [-0.4, -0.2) is 38.0 Å². The van der Waals surface area contributed by atoms with E-state index in [-0.39, 0.29) is 18.0 Å². The smallest absolute Gasteiger partial charge is 0.335 e. The number of barbiturate groups is 1. The third-order valence-electron chi connectivity index (χ3n) is 5.00. The largest absolute Gasteiger partial charge is 0.497 e. The van der Waals surface area contributed by atoms with Gasteiger partial charge in [0.05, 0.1) is 12.8 Å². The Labute approximate surface area is 179 Å². The zero-order chi connectivity index (χ0) is 20.4. The summed E-state index contributed by atoms with van der Waals surface area (Å²) in [6.07, 6.45) is 4.79. The second kappa shape index (κ2) is 9.04. The van der Waals surface area contributed by atoms with Crippen molar-refractivity contribution in [2.75, 3.05) is 30.0 Å². The Hall–Kier alpha value is -3.26. The fourth-order valence-electron chi connectivity index (χ4n) is 3.47. The third-order valence-corrected chi connectivity index (χ3v) is 5.00. The average Bonchev–Trinajstić information content (AvgIpc) is 3.21. The van der Waals surface area contributed by atoms with Crippen molar-refractivity contribution < 1.29 is 23.5 Å². The number of ether oxygens (including phenoxy) is 1. The number of halogens is 1. The number of rotatable bonds is 4. The van der Waals surface area contributed by atoms with E-state index >= 15 is 0 Å². The molecular weight excluding hydrogens is 410 g/mol. The molecule has 1 aromatic heterocycles. The van der Waals surface area contributed by atoms with Crippen molar-refractivity contribution in [3.8, 4) is 5.75 Å². The standard InChI is InChI=1S/C21H21N3O5.ClH/c1-28-15-7-5-14(6-8-15)24-20(26)17(19(25)22-21(24)27)13-16-9-10-18(29-16)23-11-3-2-4-12-23;/h5-10,13H,2-4,11-12H2,1H3,(H,22,25,27);1H/b17-13-;. The lowest BCUT2D eigenvalue weighted by atomic mass is 10.1. The Morgan fingerprint density at radius 3 is 2.37 bits per heavy atom. The number of urea groups is 1. The normalized spacial score (nSPS) is 18.3. The first kappa shape index (κ1) is 21.4. The second-order valence-electron chi connectivity index (χ2n) is 6.88. The monoisotopic (exact) mass is 431 g/mol. The molecule has 1 N–H and O–H groups in total. The Morgan fingerprint density at radius 2 is 1.70 bits per heavy atom. The number of methoxy groups -OCH3 is 1. The quantitative estimate of drug-likeness (QED) is 0.589. The van der Waals surface area contributed by atoms with Crippen LogP contribution in [0.4, 0.5) is 16.4 Å². The van der Waals surface area contributed by atoms with Crippen LogP contribution in [0.2, 0.25) is 0 Å². The van der Waals surface area contributed by atoms with Crippen molar-refractivity contribution in [2.24, 2.45) is 0 Å². The molecule has 0 spiro atoms. The van der Waals surface area contributed by atoms with Crippen LogP contribution in [0.3, 0.4) is 0 Å². The fraction of sp³-hybridized carbons (Fsp3) is 0.286. The lowest BCUT2D eigenvalue weighted by Gasteiger charge is -2.26. The number of imide groups is 2. The van der Waals surface area contributed by atoms with Gasteiger partial charge < -0.3 is 14.1 Å². The van der Waals surface area contributed by atoms with Crippen molar-refractivity contribution >= 4 is 47.9 Å². The highest BCUT2D eigenvalue weighted by Crippen LogP contribution is 2.27. The van der Waals surface area contributed by atoms with E-state index in [0.717, 1.165) is 30.8 Å². The summed E-state index contributed by atoms with van der Waals surface area (Å²) in [5.41, 5.74) is 0.167. The summed E-state index contributed by atoms with van der Waals surface area (Å²) < 4.78 is 10.9. The number of anilines is 2. The van der Waals surface area contributed by atoms with Crippen LogP contribution >= 0.6 is 12.4 Å². The molecule has 2 aromatic rings. The first-order chi connectivity index (χ1) is 14.1. The van der Waals surface area contributed by atoms with E-state index in [1.807, 2.05) is 6.07 Å². The number of nitrogens with one attached hydrogen (secondary N) is 1. The maximum absolute atomic E-state index is 12.9. The van der Waals surface area contributed by atoms with Crippen LogP contribution in [0.5, 0.6) is 5.75 Å². The molecule has 4 rings (SSSR count). The van der Waals surface area contributed by atoms with E-state index in [0.29, 0.717) is 23.1 Å². The summed E-state index contributed by atoms with van der Waals surface area (Å²) >= 11 is 0. The lowest BCUT2D eigenvalue weighted by molar-refractivity contribution is -0.122. The lowest BCUT2D eigenvalue weighted by Crippen LogP contribution is -2.54. The van der Waals surface area contributed by atoms with Crippen molar-refractivity contribution in [1.29, 1.82) is 0 Å². The summed E-state index contributed by atoms with van der Waals surface area (Å²) in [6, 6.07) is 9.16. The molecule has 30 heavy (non-hydrogen) atoms. The molecule has 0 atom stereocenters. The molecular formula is C21H22ClN3O5. The number of hydrogen-bond donors (Lipinski definition) is 1. The first-order valence-corrected chi connectivity index (χ1v) is 9.47. The van der Waals surface area contributed by atoms with Crippen LogP contribution in [-0.2, 0) is 9.59 Å². The molecule has 2 aliphatic rings. The molecule has 2 saturated heterocycles. The van der Waals surface area contributed by atoms with Gasteiger partial charge in [-0.15, -0.1) is 12.4 Å². The van der Waals surface area contributed by atoms with Crippen molar-refractivity contribution in [1.82, 2.24) is 5.32 Å². The number of carbonyl (C=O) groups excluding carboxylic acids is 3. The van der Waals surface area contributed by atoms with E-state index in [1.165, 1.54) is 19.6 Å². The third kappa shape index (κ3) is 4.18. The average molecular weight is 432 g/mol. The number of hydrogen-bond acceptors (Lipinski definition) is 6. The van der Waals surface area contributed by atoms with Gasteiger partial charge in [-0.25, -0.2) is 9.69 Å². The maximum Gasteiger partial charge on any atom is 0.335 e. The number of carbonyl (C=O) groups is 3. The maximum atomic E-state index is 12.9. The molecule has 0 unspecified atom stereocenters. The zero-order valence-electron chi connectivity index (χ0n) is 16.4. The number of benzene rings is 1. The van der Waals surface area contributed by atoms with Gasteiger partial charge in [0.1, 0.15) is 17.1 Å². The molecule has 3 heterocycles. The molecule has 0 bridgehead atoms. The van der Waals surface area contributed by atoms with Crippen LogP contribution in [0.25, 0.3) is 6.08 Å². The molecule has 8 nitrogen and oxygen atoms in total. The molecule has 9 heteroatoms. The van der Waals surface area contributed by atoms with E-state index in [4.69, 9.17) is 9.15 Å². The van der Waals surface area contributed by atoms with Gasteiger partial charge in [-0.05, 0) is 55.7 Å². The van der Waals surface area contributed by atoms with Crippen LogP contribution in [0.15, 0.2) is 46.4 Å². The molecule has 0 aliphatic carbocycles. The van der Waals surface area contributed by atoms with Crippen molar-refractivity contribution in [2.45, 2.75) is 19.3 Å². The minimum Gasteiger partial charge on any atom is -0.497 e. The van der Waals surface area contributed by atoms with Gasteiger partial charge in [-0.1, -0.05) is 0 Å². The van der Waals surface area contributed by atoms with E-state index < -0.39 is 17.8 Å². The predicted octanol–water partition coefficient (Wildman–Crippen LogP) is 3.37. The van der Waals surface area contributed by atoms with Gasteiger partial charge in [0.25, 0.3) is 11.8 Å². The SMILES string of the molecule is COc1ccc(N2C(=O)NC(=O)/C(=C/c3ccc(N4CCCCC4)o3)C2=O)cc1.Cl. The Kier molecular flexibility index (Phi) is 6.47. The summed E-state index contributed by atoms with van der Waals surface area (Å²) in [6.45, 7) is 1.84. The summed E-state index contributed by atoms with van der Waals surface area (Å²) in [4.78, 5) is 40.5. The second-order valence-corrected chi connectivity index (χ2v) is 6.88.